The van der Waals surface area contributed by atoms with E-state index in [0.29, 0.717) is 18.4 Å². The van der Waals surface area contributed by atoms with E-state index in [9.17, 15) is 4.79 Å². The number of benzene rings is 1. The first-order chi connectivity index (χ1) is 8.24. The molecule has 17 heavy (non-hydrogen) atoms. The Balaban J connectivity index is 1.71. The summed E-state index contributed by atoms with van der Waals surface area (Å²) in [6.07, 6.45) is 3.76. The maximum atomic E-state index is 11.7. The van der Waals surface area contributed by atoms with Gasteiger partial charge in [0.25, 0.3) is 0 Å². The van der Waals surface area contributed by atoms with Gasteiger partial charge in [0.1, 0.15) is 0 Å². The Morgan fingerprint density at radius 2 is 2.06 bits per heavy atom. The lowest BCUT2D eigenvalue weighted by Crippen LogP contribution is -2.30. The highest BCUT2D eigenvalue weighted by atomic mass is 16.1. The molecule has 0 bridgehead atoms. The average molecular weight is 232 g/mol. The van der Waals surface area contributed by atoms with E-state index in [1.165, 1.54) is 0 Å². The summed E-state index contributed by atoms with van der Waals surface area (Å²) < 4.78 is 0. The third kappa shape index (κ3) is 3.86. The second-order valence-corrected chi connectivity index (χ2v) is 4.91. The van der Waals surface area contributed by atoms with E-state index >= 15 is 0 Å². The summed E-state index contributed by atoms with van der Waals surface area (Å²) in [5.41, 5.74) is 6.91. The number of hydrogen-bond donors (Lipinski definition) is 2. The second-order valence-electron chi connectivity index (χ2n) is 4.91. The molecule has 3 nitrogen and oxygen atoms in total. The minimum absolute atomic E-state index is 0.108. The van der Waals surface area contributed by atoms with Crippen LogP contribution in [0.25, 0.3) is 0 Å². The van der Waals surface area contributed by atoms with Gasteiger partial charge in [-0.1, -0.05) is 30.3 Å². The molecule has 0 heterocycles. The number of rotatable bonds is 4. The Labute approximate surface area is 102 Å². The Morgan fingerprint density at radius 1 is 1.29 bits per heavy atom. The van der Waals surface area contributed by atoms with Crippen molar-refractivity contribution in [2.45, 2.75) is 31.7 Å². The molecular weight excluding hydrogens is 212 g/mol. The summed E-state index contributed by atoms with van der Waals surface area (Å²) in [5.74, 6) is 0.682. The number of nitrogens with one attached hydrogen (secondary N) is 1. The van der Waals surface area contributed by atoms with Crippen LogP contribution in [0.2, 0.25) is 0 Å². The molecular formula is C14H20N2O. The van der Waals surface area contributed by atoms with Crippen molar-refractivity contribution in [3.05, 3.63) is 35.9 Å². The van der Waals surface area contributed by atoms with Gasteiger partial charge in [0, 0.05) is 12.6 Å². The zero-order valence-electron chi connectivity index (χ0n) is 10.1. The van der Waals surface area contributed by atoms with Crippen molar-refractivity contribution < 1.29 is 4.79 Å². The first kappa shape index (κ1) is 12.1. The molecule has 0 radical (unpaired) electrons. The van der Waals surface area contributed by atoms with Crippen molar-refractivity contribution in [3.63, 3.8) is 0 Å². The second kappa shape index (κ2) is 5.82. The van der Waals surface area contributed by atoms with Crippen molar-refractivity contribution in [3.8, 4) is 0 Å². The summed E-state index contributed by atoms with van der Waals surface area (Å²) in [6.45, 7) is 0.777. The van der Waals surface area contributed by atoms with Gasteiger partial charge in [-0.25, -0.2) is 0 Å². The highest BCUT2D eigenvalue weighted by molar-refractivity contribution is 5.78. The lowest BCUT2D eigenvalue weighted by Gasteiger charge is -2.11. The van der Waals surface area contributed by atoms with Crippen molar-refractivity contribution in [2.75, 3.05) is 6.54 Å². The van der Waals surface area contributed by atoms with E-state index in [2.05, 4.69) is 5.32 Å². The number of carbonyl (C=O) groups is 1. The van der Waals surface area contributed by atoms with Gasteiger partial charge in [-0.15, -0.1) is 0 Å². The standard InChI is InChI=1S/C14H20N2O/c15-13-7-6-12(8-13)10-16-14(17)9-11-4-2-1-3-5-11/h1-5,12-13H,6-10,15H2,(H,16,17). The van der Waals surface area contributed by atoms with E-state index in [0.717, 1.165) is 31.4 Å². The van der Waals surface area contributed by atoms with Crippen LogP contribution >= 0.6 is 0 Å². The molecule has 1 aliphatic rings. The minimum atomic E-state index is 0.108. The summed E-state index contributed by atoms with van der Waals surface area (Å²) in [4.78, 5) is 11.7. The Morgan fingerprint density at radius 3 is 2.71 bits per heavy atom. The molecule has 92 valence electrons. The Bertz CT molecular complexity index is 364. The van der Waals surface area contributed by atoms with Crippen LogP contribution in [-0.4, -0.2) is 18.5 Å². The fraction of sp³-hybridized carbons (Fsp3) is 0.500. The molecule has 1 aromatic rings. The molecule has 1 amide bonds. The molecule has 2 rings (SSSR count). The largest absolute Gasteiger partial charge is 0.356 e. The van der Waals surface area contributed by atoms with Crippen LogP contribution in [0.5, 0.6) is 0 Å². The smallest absolute Gasteiger partial charge is 0.224 e. The molecule has 0 saturated heterocycles. The third-order valence-corrected chi connectivity index (χ3v) is 3.38. The fourth-order valence-corrected chi connectivity index (χ4v) is 2.40. The maximum absolute atomic E-state index is 11.7. The minimum Gasteiger partial charge on any atom is -0.356 e. The quantitative estimate of drug-likeness (QED) is 0.826. The Hall–Kier alpha value is -1.35. The van der Waals surface area contributed by atoms with Gasteiger partial charge < -0.3 is 11.1 Å². The van der Waals surface area contributed by atoms with Crippen LogP contribution in [0.15, 0.2) is 30.3 Å². The van der Waals surface area contributed by atoms with Gasteiger partial charge in [0.05, 0.1) is 6.42 Å². The topological polar surface area (TPSA) is 55.1 Å². The Kier molecular flexibility index (Phi) is 4.15. The van der Waals surface area contributed by atoms with Crippen molar-refractivity contribution in [2.24, 2.45) is 11.7 Å². The molecule has 2 unspecified atom stereocenters. The van der Waals surface area contributed by atoms with Crippen LogP contribution in [0.3, 0.4) is 0 Å². The summed E-state index contributed by atoms with van der Waals surface area (Å²) in [5, 5.41) is 3.00. The molecule has 1 fully saturated rings. The SMILES string of the molecule is NC1CCC(CNC(=O)Cc2ccccc2)C1. The van der Waals surface area contributed by atoms with Gasteiger partial charge in [-0.3, -0.25) is 4.79 Å². The van der Waals surface area contributed by atoms with E-state index in [1.54, 1.807) is 0 Å². The monoisotopic (exact) mass is 232 g/mol. The molecule has 0 aliphatic heterocycles. The van der Waals surface area contributed by atoms with Gasteiger partial charge in [-0.2, -0.15) is 0 Å². The summed E-state index contributed by atoms with van der Waals surface area (Å²) in [6, 6.07) is 10.2. The van der Waals surface area contributed by atoms with Crippen LogP contribution in [0, 0.1) is 5.92 Å². The predicted octanol–water partition coefficient (Wildman–Crippen LogP) is 1.47. The molecule has 2 atom stereocenters. The van der Waals surface area contributed by atoms with Crippen molar-refractivity contribution in [1.82, 2.24) is 5.32 Å². The molecule has 0 aromatic heterocycles. The summed E-state index contributed by atoms with van der Waals surface area (Å²) in [7, 11) is 0. The normalized spacial score (nSPS) is 23.6. The molecule has 3 heteroatoms. The van der Waals surface area contributed by atoms with Crippen LogP contribution < -0.4 is 11.1 Å². The number of hydrogen-bond acceptors (Lipinski definition) is 2. The number of amides is 1. The predicted molar refractivity (Wildman–Crippen MR) is 68.5 cm³/mol. The zero-order chi connectivity index (χ0) is 12.1. The first-order valence-corrected chi connectivity index (χ1v) is 6.30. The maximum Gasteiger partial charge on any atom is 0.224 e. The molecule has 0 spiro atoms. The fourth-order valence-electron chi connectivity index (χ4n) is 2.40. The lowest BCUT2D eigenvalue weighted by atomic mass is 10.1. The van der Waals surface area contributed by atoms with E-state index < -0.39 is 0 Å². The van der Waals surface area contributed by atoms with Gasteiger partial charge in [0.2, 0.25) is 5.91 Å². The first-order valence-electron chi connectivity index (χ1n) is 6.30. The van der Waals surface area contributed by atoms with Crippen LogP contribution in [0.4, 0.5) is 0 Å². The van der Waals surface area contributed by atoms with Gasteiger partial charge >= 0.3 is 0 Å². The van der Waals surface area contributed by atoms with E-state index in [-0.39, 0.29) is 5.91 Å². The van der Waals surface area contributed by atoms with Crippen molar-refractivity contribution in [1.29, 1.82) is 0 Å². The number of carbonyl (C=O) groups excluding carboxylic acids is 1. The molecule has 1 aromatic carbocycles. The van der Waals surface area contributed by atoms with Crippen molar-refractivity contribution >= 4 is 5.91 Å². The zero-order valence-corrected chi connectivity index (χ0v) is 10.1. The van der Waals surface area contributed by atoms with E-state index in [4.69, 9.17) is 5.73 Å². The number of nitrogens with two attached hydrogens (primary N) is 1. The third-order valence-electron chi connectivity index (χ3n) is 3.38. The van der Waals surface area contributed by atoms with Gasteiger partial charge in [-0.05, 0) is 30.7 Å². The molecule has 3 N–H and O–H groups in total. The summed E-state index contributed by atoms with van der Waals surface area (Å²) >= 11 is 0. The molecule has 1 saturated carbocycles. The highest BCUT2D eigenvalue weighted by Gasteiger charge is 2.21. The highest BCUT2D eigenvalue weighted by Crippen LogP contribution is 2.23. The lowest BCUT2D eigenvalue weighted by molar-refractivity contribution is -0.120. The van der Waals surface area contributed by atoms with E-state index in [1.807, 2.05) is 30.3 Å². The van der Waals surface area contributed by atoms with Gasteiger partial charge in [0.15, 0.2) is 0 Å². The average Bonchev–Trinajstić information content (AvgIpc) is 2.74. The molecule has 1 aliphatic carbocycles. The van der Waals surface area contributed by atoms with Crippen LogP contribution in [0.1, 0.15) is 24.8 Å². The van der Waals surface area contributed by atoms with Crippen LogP contribution in [-0.2, 0) is 11.2 Å².